The molecule has 0 bridgehead atoms. The Kier molecular flexibility index (Phi) is 5.48. The van der Waals surface area contributed by atoms with Crippen LogP contribution in [0.4, 0.5) is 0 Å². The molecular weight excluding hydrogens is 302 g/mol. The summed E-state index contributed by atoms with van der Waals surface area (Å²) in [4.78, 5) is 2.54. The molecule has 1 saturated carbocycles. The quantitative estimate of drug-likeness (QED) is 0.869. The molecule has 1 saturated heterocycles. The summed E-state index contributed by atoms with van der Waals surface area (Å²) in [5, 5.41) is 10.3. The van der Waals surface area contributed by atoms with Gasteiger partial charge in [-0.1, -0.05) is 19.1 Å². The zero-order chi connectivity index (χ0) is 17.2. The summed E-state index contributed by atoms with van der Waals surface area (Å²) < 4.78 is 11.1. The fraction of sp³-hybridized carbons (Fsp3) is 0.700. The van der Waals surface area contributed by atoms with Gasteiger partial charge < -0.3 is 19.5 Å². The van der Waals surface area contributed by atoms with E-state index in [0.29, 0.717) is 5.92 Å². The van der Waals surface area contributed by atoms with Gasteiger partial charge in [-0.05, 0) is 56.5 Å². The zero-order valence-electron chi connectivity index (χ0n) is 15.2. The Balaban J connectivity index is 1.53. The molecular formula is C20H31NO3. The second-order valence-electron chi connectivity index (χ2n) is 7.40. The van der Waals surface area contributed by atoms with Gasteiger partial charge in [0.15, 0.2) is 0 Å². The van der Waals surface area contributed by atoms with Crippen molar-refractivity contribution < 1.29 is 14.6 Å². The van der Waals surface area contributed by atoms with Gasteiger partial charge in [-0.2, -0.15) is 0 Å². The highest BCUT2D eigenvalue weighted by Crippen LogP contribution is 2.51. The van der Waals surface area contributed by atoms with Gasteiger partial charge in [0.1, 0.15) is 5.75 Å². The fourth-order valence-corrected chi connectivity index (χ4v) is 4.39. The van der Waals surface area contributed by atoms with Crippen LogP contribution in [0.2, 0.25) is 0 Å². The van der Waals surface area contributed by atoms with Gasteiger partial charge in [-0.3, -0.25) is 0 Å². The summed E-state index contributed by atoms with van der Waals surface area (Å²) in [5.41, 5.74) is 1.38. The van der Waals surface area contributed by atoms with E-state index >= 15 is 0 Å². The van der Waals surface area contributed by atoms with E-state index in [9.17, 15) is 5.11 Å². The Morgan fingerprint density at radius 2 is 1.92 bits per heavy atom. The highest BCUT2D eigenvalue weighted by Gasteiger charge is 2.55. The van der Waals surface area contributed by atoms with Gasteiger partial charge in [0, 0.05) is 25.0 Å². The second-order valence-corrected chi connectivity index (χ2v) is 7.40. The molecule has 3 unspecified atom stereocenters. The Morgan fingerprint density at radius 1 is 1.25 bits per heavy atom. The van der Waals surface area contributed by atoms with Gasteiger partial charge in [0.05, 0.1) is 19.3 Å². The highest BCUT2D eigenvalue weighted by molar-refractivity contribution is 5.29. The molecule has 4 nitrogen and oxygen atoms in total. The summed E-state index contributed by atoms with van der Waals surface area (Å²) in [6.07, 6.45) is 3.01. The molecule has 134 valence electrons. The topological polar surface area (TPSA) is 41.9 Å². The first-order valence-corrected chi connectivity index (χ1v) is 9.25. The Hall–Kier alpha value is -1.10. The standard InChI is InChI=1S/C20H31NO3/c1-4-24-19-13-18(22)20(19)9-11-21(12-10-20)14-15(2)16-5-7-17(23-3)8-6-16/h5-8,15,18-19,22H,4,9-14H2,1-3H3. The third-order valence-corrected chi connectivity index (χ3v) is 6.11. The predicted molar refractivity (Wildman–Crippen MR) is 95.6 cm³/mol. The van der Waals surface area contributed by atoms with Gasteiger partial charge >= 0.3 is 0 Å². The molecule has 0 amide bonds. The number of ether oxygens (including phenoxy) is 2. The van der Waals surface area contributed by atoms with Crippen LogP contribution in [-0.2, 0) is 4.74 Å². The molecule has 1 heterocycles. The Bertz CT molecular complexity index is 520. The minimum absolute atomic E-state index is 0.0237. The first-order valence-electron chi connectivity index (χ1n) is 9.25. The first-order chi connectivity index (χ1) is 11.6. The van der Waals surface area contributed by atoms with Crippen LogP contribution in [0, 0.1) is 5.41 Å². The molecule has 1 N–H and O–H groups in total. The molecule has 1 aliphatic carbocycles. The number of methoxy groups -OCH3 is 1. The van der Waals surface area contributed by atoms with Crippen molar-refractivity contribution in [3.63, 3.8) is 0 Å². The molecule has 0 aromatic heterocycles. The zero-order valence-corrected chi connectivity index (χ0v) is 15.2. The molecule has 3 rings (SSSR count). The van der Waals surface area contributed by atoms with Crippen molar-refractivity contribution >= 4 is 0 Å². The SMILES string of the molecule is CCOC1CC(O)C12CCN(CC(C)c1ccc(OC)cc1)CC2. The van der Waals surface area contributed by atoms with Crippen LogP contribution in [0.15, 0.2) is 24.3 Å². The van der Waals surface area contributed by atoms with E-state index < -0.39 is 0 Å². The van der Waals surface area contributed by atoms with Crippen molar-refractivity contribution in [3.8, 4) is 5.75 Å². The number of aliphatic hydroxyl groups excluding tert-OH is 1. The summed E-state index contributed by atoms with van der Waals surface area (Å²) in [6, 6.07) is 8.40. The predicted octanol–water partition coefficient (Wildman–Crippen LogP) is 3.05. The lowest BCUT2D eigenvalue weighted by atomic mass is 9.58. The second kappa shape index (κ2) is 7.42. The summed E-state index contributed by atoms with van der Waals surface area (Å²) in [5.74, 6) is 1.41. The number of hydrogen-bond donors (Lipinski definition) is 1. The lowest BCUT2D eigenvalue weighted by Crippen LogP contribution is -2.62. The Morgan fingerprint density at radius 3 is 2.46 bits per heavy atom. The van der Waals surface area contributed by atoms with Crippen LogP contribution < -0.4 is 4.74 Å². The molecule has 4 heteroatoms. The molecule has 3 atom stereocenters. The van der Waals surface area contributed by atoms with Crippen molar-refractivity contribution in [1.29, 1.82) is 0 Å². The van der Waals surface area contributed by atoms with Crippen LogP contribution in [0.25, 0.3) is 0 Å². The lowest BCUT2D eigenvalue weighted by Gasteiger charge is -2.56. The molecule has 1 aromatic carbocycles. The number of benzene rings is 1. The van der Waals surface area contributed by atoms with Crippen LogP contribution in [-0.4, -0.2) is 55.6 Å². The molecule has 0 radical (unpaired) electrons. The van der Waals surface area contributed by atoms with E-state index in [1.165, 1.54) is 5.56 Å². The number of hydrogen-bond acceptors (Lipinski definition) is 4. The van der Waals surface area contributed by atoms with E-state index in [-0.39, 0.29) is 17.6 Å². The summed E-state index contributed by atoms with van der Waals surface area (Å²) in [7, 11) is 1.70. The molecule has 2 aliphatic rings. The van der Waals surface area contributed by atoms with Crippen LogP contribution in [0.5, 0.6) is 5.75 Å². The third-order valence-electron chi connectivity index (χ3n) is 6.11. The number of likely N-dealkylation sites (tertiary alicyclic amines) is 1. The van der Waals surface area contributed by atoms with Gasteiger partial charge in [-0.15, -0.1) is 0 Å². The third kappa shape index (κ3) is 3.32. The normalized spacial score (nSPS) is 27.7. The fourth-order valence-electron chi connectivity index (χ4n) is 4.39. The van der Waals surface area contributed by atoms with E-state index in [2.05, 4.69) is 24.0 Å². The van der Waals surface area contributed by atoms with Crippen molar-refractivity contribution in [2.24, 2.45) is 5.41 Å². The maximum Gasteiger partial charge on any atom is 0.118 e. The average Bonchev–Trinajstić information content (AvgIpc) is 2.62. The Labute approximate surface area is 145 Å². The molecule has 1 aromatic rings. The van der Waals surface area contributed by atoms with Gasteiger partial charge in [-0.25, -0.2) is 0 Å². The molecule has 24 heavy (non-hydrogen) atoms. The van der Waals surface area contributed by atoms with Crippen LogP contribution in [0.3, 0.4) is 0 Å². The van der Waals surface area contributed by atoms with E-state index in [4.69, 9.17) is 9.47 Å². The number of aliphatic hydroxyl groups is 1. The minimum atomic E-state index is -0.171. The van der Waals surface area contributed by atoms with Crippen molar-refractivity contribution in [3.05, 3.63) is 29.8 Å². The van der Waals surface area contributed by atoms with Crippen molar-refractivity contribution in [1.82, 2.24) is 4.90 Å². The monoisotopic (exact) mass is 333 g/mol. The van der Waals surface area contributed by atoms with Gasteiger partial charge in [0.2, 0.25) is 0 Å². The largest absolute Gasteiger partial charge is 0.497 e. The first kappa shape index (κ1) is 17.7. The molecule has 1 spiro atoms. The van der Waals surface area contributed by atoms with E-state index in [1.807, 2.05) is 19.1 Å². The molecule has 2 fully saturated rings. The maximum atomic E-state index is 10.3. The van der Waals surface area contributed by atoms with E-state index in [0.717, 1.165) is 51.3 Å². The highest BCUT2D eigenvalue weighted by atomic mass is 16.5. The van der Waals surface area contributed by atoms with Crippen molar-refractivity contribution in [2.75, 3.05) is 33.4 Å². The van der Waals surface area contributed by atoms with Crippen LogP contribution in [0.1, 0.15) is 44.6 Å². The van der Waals surface area contributed by atoms with Crippen molar-refractivity contribution in [2.45, 2.75) is 51.2 Å². The lowest BCUT2D eigenvalue weighted by molar-refractivity contribution is -0.209. The number of piperidine rings is 1. The molecule has 1 aliphatic heterocycles. The smallest absolute Gasteiger partial charge is 0.118 e. The summed E-state index contributed by atoms with van der Waals surface area (Å²) >= 11 is 0. The maximum absolute atomic E-state index is 10.3. The number of rotatable bonds is 6. The number of nitrogens with zero attached hydrogens (tertiary/aromatic N) is 1. The van der Waals surface area contributed by atoms with Crippen LogP contribution >= 0.6 is 0 Å². The van der Waals surface area contributed by atoms with E-state index in [1.54, 1.807) is 7.11 Å². The van der Waals surface area contributed by atoms with Gasteiger partial charge in [0.25, 0.3) is 0 Å². The minimum Gasteiger partial charge on any atom is -0.497 e. The average molecular weight is 333 g/mol. The summed E-state index contributed by atoms with van der Waals surface area (Å²) in [6.45, 7) is 8.26.